The minimum absolute atomic E-state index is 0.0472. The Kier molecular flexibility index (Phi) is 6.63. The number of sulfonamides is 1. The number of nitrogens with zero attached hydrogens (tertiary/aromatic N) is 3. The number of benzene rings is 2. The Morgan fingerprint density at radius 2 is 1.72 bits per heavy atom. The van der Waals surface area contributed by atoms with Gasteiger partial charge in [-0.2, -0.15) is 13.2 Å². The first-order chi connectivity index (χ1) is 16.8. The number of aryl methyl sites for hydroxylation is 1. The van der Waals surface area contributed by atoms with Crippen LogP contribution in [0.15, 0.2) is 65.4 Å². The summed E-state index contributed by atoms with van der Waals surface area (Å²) in [7, 11) is -4.47. The van der Waals surface area contributed by atoms with E-state index in [1.807, 2.05) is 31.2 Å². The topological polar surface area (TPSA) is 78.0 Å². The second-order valence-electron chi connectivity index (χ2n) is 9.15. The van der Waals surface area contributed by atoms with E-state index in [0.717, 1.165) is 33.6 Å². The summed E-state index contributed by atoms with van der Waals surface area (Å²) in [5.74, 6) is -0.833. The van der Waals surface area contributed by atoms with E-state index >= 15 is 0 Å². The Morgan fingerprint density at radius 1 is 1.06 bits per heavy atom. The zero-order chi connectivity index (χ0) is 26.4. The lowest BCUT2D eigenvalue weighted by Gasteiger charge is -2.46. The highest BCUT2D eigenvalue weighted by Crippen LogP contribution is 2.36. The monoisotopic (exact) mass is 521 g/mol. The predicted molar refractivity (Wildman–Crippen MR) is 126 cm³/mol. The summed E-state index contributed by atoms with van der Waals surface area (Å²) in [6.07, 6.45) is -3.47. The Bertz CT molecular complexity index is 1320. The molecule has 0 aromatic heterocycles. The van der Waals surface area contributed by atoms with Gasteiger partial charge in [0.05, 0.1) is 10.5 Å². The average molecular weight is 522 g/mol. The van der Waals surface area contributed by atoms with Crippen LogP contribution >= 0.6 is 0 Å². The van der Waals surface area contributed by atoms with Gasteiger partial charge in [0.25, 0.3) is 10.0 Å². The second kappa shape index (κ2) is 9.27. The van der Waals surface area contributed by atoms with E-state index in [1.165, 1.54) is 16.0 Å². The zero-order valence-electron chi connectivity index (χ0n) is 20.0. The van der Waals surface area contributed by atoms with Crippen molar-refractivity contribution in [3.8, 4) is 0 Å². The van der Waals surface area contributed by atoms with Gasteiger partial charge in [-0.3, -0.25) is 14.5 Å². The maximum absolute atomic E-state index is 13.6. The smallest absolute Gasteiger partial charge is 0.311 e. The highest BCUT2D eigenvalue weighted by atomic mass is 32.2. The van der Waals surface area contributed by atoms with Crippen molar-refractivity contribution in [1.29, 1.82) is 0 Å². The Morgan fingerprint density at radius 3 is 2.33 bits per heavy atom. The van der Waals surface area contributed by atoms with E-state index in [4.69, 9.17) is 0 Å². The lowest BCUT2D eigenvalue weighted by molar-refractivity contribution is -0.148. The van der Waals surface area contributed by atoms with E-state index in [0.29, 0.717) is 6.07 Å². The third-order valence-corrected chi connectivity index (χ3v) is 8.06. The molecule has 1 atom stereocenters. The molecular formula is C25H26F3N3O4S. The highest BCUT2D eigenvalue weighted by molar-refractivity contribution is 7.89. The van der Waals surface area contributed by atoms with Gasteiger partial charge in [-0.15, -0.1) is 0 Å². The van der Waals surface area contributed by atoms with Crippen LogP contribution in [0, 0.1) is 6.92 Å². The number of carbonyl (C=O) groups is 2. The van der Waals surface area contributed by atoms with Crippen molar-refractivity contribution in [2.75, 3.05) is 6.54 Å². The van der Waals surface area contributed by atoms with E-state index < -0.39 is 38.6 Å². The summed E-state index contributed by atoms with van der Waals surface area (Å²) in [6.45, 7) is 5.17. The van der Waals surface area contributed by atoms with Crippen LogP contribution < -0.4 is 0 Å². The summed E-state index contributed by atoms with van der Waals surface area (Å²) in [4.78, 5) is 28.5. The molecule has 4 rings (SSSR count). The fourth-order valence-electron chi connectivity index (χ4n) is 4.34. The Labute approximate surface area is 207 Å². The molecule has 0 radical (unpaired) electrons. The number of hydrogen-bond donors (Lipinski definition) is 0. The number of fused-ring (bicyclic) bond motifs is 1. The van der Waals surface area contributed by atoms with Gasteiger partial charge >= 0.3 is 6.18 Å². The van der Waals surface area contributed by atoms with Crippen LogP contribution in [-0.2, 0) is 32.2 Å². The quantitative estimate of drug-likeness (QED) is 0.598. The molecule has 2 aromatic rings. The van der Waals surface area contributed by atoms with E-state index in [2.05, 4.69) is 0 Å². The molecule has 2 amide bonds. The van der Waals surface area contributed by atoms with Crippen molar-refractivity contribution < 1.29 is 31.2 Å². The number of amides is 2. The number of hydrogen-bond acceptors (Lipinski definition) is 4. The van der Waals surface area contributed by atoms with Gasteiger partial charge in [-0.1, -0.05) is 35.9 Å². The first kappa shape index (κ1) is 25.7. The molecule has 0 spiro atoms. The molecule has 0 aliphatic carbocycles. The lowest BCUT2D eigenvalue weighted by atomic mass is 9.99. The van der Waals surface area contributed by atoms with Crippen LogP contribution in [0.4, 0.5) is 13.2 Å². The lowest BCUT2D eigenvalue weighted by Crippen LogP contribution is -2.61. The largest absolute Gasteiger partial charge is 0.416 e. The van der Waals surface area contributed by atoms with Crippen LogP contribution in [0.3, 0.4) is 0 Å². The molecule has 2 aliphatic rings. The maximum atomic E-state index is 13.6. The van der Waals surface area contributed by atoms with Crippen molar-refractivity contribution >= 4 is 21.8 Å². The first-order valence-electron chi connectivity index (χ1n) is 11.4. The molecule has 0 N–H and O–H groups in total. The van der Waals surface area contributed by atoms with E-state index in [9.17, 15) is 31.2 Å². The SMILES string of the molecule is Cc1ccc(CC2C(=O)N(C(C)C)C=C3N2C(=O)CCN3S(=O)(=O)c2cccc(C(F)(F)F)c2)cc1. The number of alkyl halides is 3. The van der Waals surface area contributed by atoms with Gasteiger partial charge in [-0.25, -0.2) is 12.7 Å². The van der Waals surface area contributed by atoms with Crippen LogP contribution in [0.2, 0.25) is 0 Å². The van der Waals surface area contributed by atoms with Gasteiger partial charge in [0.1, 0.15) is 11.9 Å². The molecular weight excluding hydrogens is 495 g/mol. The highest BCUT2D eigenvalue weighted by Gasteiger charge is 2.47. The number of halogens is 3. The van der Waals surface area contributed by atoms with Crippen LogP contribution in [0.25, 0.3) is 0 Å². The Balaban J connectivity index is 1.79. The molecule has 0 bridgehead atoms. The van der Waals surface area contributed by atoms with E-state index in [1.54, 1.807) is 13.8 Å². The van der Waals surface area contributed by atoms with Gasteiger partial charge in [0, 0.05) is 31.6 Å². The fourth-order valence-corrected chi connectivity index (χ4v) is 5.84. The third kappa shape index (κ3) is 4.71. The molecule has 192 valence electrons. The van der Waals surface area contributed by atoms with Crippen molar-refractivity contribution in [2.24, 2.45) is 0 Å². The summed E-state index contributed by atoms with van der Waals surface area (Å²) in [5, 5.41) is 0. The zero-order valence-corrected chi connectivity index (χ0v) is 20.8. The molecule has 1 saturated heterocycles. The molecule has 7 nitrogen and oxygen atoms in total. The maximum Gasteiger partial charge on any atom is 0.416 e. The van der Waals surface area contributed by atoms with Gasteiger partial charge < -0.3 is 4.90 Å². The second-order valence-corrected chi connectivity index (χ2v) is 11.0. The number of rotatable bonds is 5. The summed E-state index contributed by atoms with van der Waals surface area (Å²) in [6, 6.07) is 9.58. The van der Waals surface area contributed by atoms with Crippen molar-refractivity contribution in [1.82, 2.24) is 14.1 Å². The van der Waals surface area contributed by atoms with Crippen LogP contribution in [-0.4, -0.2) is 53.0 Å². The van der Waals surface area contributed by atoms with E-state index in [-0.39, 0.29) is 37.2 Å². The first-order valence-corrected chi connectivity index (χ1v) is 12.9. The number of carbonyl (C=O) groups excluding carboxylic acids is 2. The van der Waals surface area contributed by atoms with Gasteiger partial charge in [0.2, 0.25) is 11.8 Å². The van der Waals surface area contributed by atoms with Crippen molar-refractivity contribution in [2.45, 2.75) is 56.8 Å². The predicted octanol–water partition coefficient (Wildman–Crippen LogP) is 3.90. The van der Waals surface area contributed by atoms with Gasteiger partial charge in [0.15, 0.2) is 0 Å². The molecule has 11 heteroatoms. The molecule has 2 aromatic carbocycles. The van der Waals surface area contributed by atoms with Crippen molar-refractivity contribution in [3.63, 3.8) is 0 Å². The molecule has 2 aliphatic heterocycles. The Hall–Kier alpha value is -3.34. The fraction of sp³-hybridized carbons (Fsp3) is 0.360. The summed E-state index contributed by atoms with van der Waals surface area (Å²) in [5.41, 5.74) is 0.711. The summed E-state index contributed by atoms with van der Waals surface area (Å²) >= 11 is 0. The summed E-state index contributed by atoms with van der Waals surface area (Å²) < 4.78 is 67.9. The minimum Gasteiger partial charge on any atom is -0.311 e. The molecule has 36 heavy (non-hydrogen) atoms. The standard InChI is InChI=1S/C25H26F3N3O4S/c1-16(2)29-15-22-30(36(34,35)20-6-4-5-19(14-20)25(26,27)28)12-11-23(32)31(22)21(24(29)33)13-18-9-7-17(3)8-10-18/h4-10,14-16,21H,11-13H2,1-3H3. The van der Waals surface area contributed by atoms with Crippen LogP contribution in [0.1, 0.15) is 37.0 Å². The average Bonchev–Trinajstić information content (AvgIpc) is 2.81. The molecule has 1 fully saturated rings. The normalized spacial score (nSPS) is 19.0. The van der Waals surface area contributed by atoms with Crippen molar-refractivity contribution in [3.05, 3.63) is 77.2 Å². The third-order valence-electron chi connectivity index (χ3n) is 6.26. The minimum atomic E-state index is -4.72. The van der Waals surface area contributed by atoms with Gasteiger partial charge in [-0.05, 0) is 44.5 Å². The molecule has 0 saturated carbocycles. The molecule has 1 unspecified atom stereocenters. The molecule has 2 heterocycles. The van der Waals surface area contributed by atoms with Crippen LogP contribution in [0.5, 0.6) is 0 Å².